The van der Waals surface area contributed by atoms with Gasteiger partial charge in [0.05, 0.1) is 0 Å². The zero-order valence-electron chi connectivity index (χ0n) is 17.1. The molecule has 0 aliphatic carbocycles. The van der Waals surface area contributed by atoms with Crippen LogP contribution in [0.3, 0.4) is 0 Å². The summed E-state index contributed by atoms with van der Waals surface area (Å²) < 4.78 is 0. The molecule has 1 atom stereocenters. The summed E-state index contributed by atoms with van der Waals surface area (Å²) in [6.45, 7) is 15.1. The van der Waals surface area contributed by atoms with E-state index in [1.54, 1.807) is 0 Å². The molecule has 0 aromatic rings. The second kappa shape index (κ2) is 18.1. The lowest BCUT2D eigenvalue weighted by atomic mass is 9.95. The van der Waals surface area contributed by atoms with Crippen LogP contribution in [-0.4, -0.2) is 70.3 Å². The van der Waals surface area contributed by atoms with Crippen LogP contribution in [0.25, 0.3) is 0 Å². The predicted octanol–water partition coefficient (Wildman–Crippen LogP) is 0.419. The van der Waals surface area contributed by atoms with Crippen molar-refractivity contribution in [3.8, 4) is 0 Å². The van der Waals surface area contributed by atoms with Crippen LogP contribution in [0, 0.1) is 5.92 Å². The number of nitrogens with one attached hydrogen (secondary N) is 2. The minimum atomic E-state index is 0.176. The van der Waals surface area contributed by atoms with Crippen LogP contribution in [0.5, 0.6) is 0 Å². The van der Waals surface area contributed by atoms with E-state index in [0.29, 0.717) is 18.5 Å². The van der Waals surface area contributed by atoms with E-state index in [-0.39, 0.29) is 5.54 Å². The van der Waals surface area contributed by atoms with Crippen molar-refractivity contribution in [1.82, 2.24) is 15.5 Å². The monoisotopic (exact) mass is 334 g/mol. The van der Waals surface area contributed by atoms with E-state index in [9.17, 15) is 0 Å². The molecule has 0 heterocycles. The fourth-order valence-corrected chi connectivity index (χ4v) is 1.22. The summed E-state index contributed by atoms with van der Waals surface area (Å²) >= 11 is 0. The molecule has 0 aromatic heterocycles. The van der Waals surface area contributed by atoms with E-state index < -0.39 is 0 Å². The number of rotatable bonds is 9. The Hall–Kier alpha value is -0.240. The van der Waals surface area contributed by atoms with Crippen molar-refractivity contribution in [2.45, 2.75) is 52.6 Å². The van der Waals surface area contributed by atoms with Crippen LogP contribution in [0.4, 0.5) is 0 Å². The first-order valence-corrected chi connectivity index (χ1v) is 8.77. The molecule has 8 N–H and O–H groups in total. The van der Waals surface area contributed by atoms with Gasteiger partial charge in [0, 0.05) is 24.7 Å². The highest BCUT2D eigenvalue weighted by Gasteiger charge is 2.27. The predicted molar refractivity (Wildman–Crippen MR) is 106 cm³/mol. The van der Waals surface area contributed by atoms with E-state index in [1.165, 1.54) is 0 Å². The third-order valence-electron chi connectivity index (χ3n) is 3.91. The summed E-state index contributed by atoms with van der Waals surface area (Å²) in [7, 11) is 6.12. The second-order valence-electron chi connectivity index (χ2n) is 6.89. The van der Waals surface area contributed by atoms with Crippen molar-refractivity contribution in [3.05, 3.63) is 0 Å². The fourth-order valence-electron chi connectivity index (χ4n) is 1.22. The fraction of sp³-hybridized carbons (Fsp3) is 1.00. The van der Waals surface area contributed by atoms with Crippen molar-refractivity contribution in [2.24, 2.45) is 23.1 Å². The topological polar surface area (TPSA) is 105 Å². The van der Waals surface area contributed by atoms with Gasteiger partial charge in [-0.1, -0.05) is 13.8 Å². The smallest absolute Gasteiger partial charge is 0.0297 e. The van der Waals surface area contributed by atoms with Crippen LogP contribution in [-0.2, 0) is 0 Å². The molecule has 0 saturated heterocycles. The maximum Gasteiger partial charge on any atom is 0.0297 e. The molecule has 1 unspecified atom stereocenters. The quantitative estimate of drug-likeness (QED) is 0.391. The molecule has 23 heavy (non-hydrogen) atoms. The molecule has 144 valence electrons. The molecule has 0 saturated carbocycles. The molecule has 0 spiro atoms. The van der Waals surface area contributed by atoms with Crippen molar-refractivity contribution >= 4 is 0 Å². The number of hydrogen-bond donors (Lipinski definition) is 5. The van der Waals surface area contributed by atoms with E-state index >= 15 is 0 Å². The SMILES string of the molecule is CC(C)CN.CC(NCCN)C(C)(C)N(C)C.CNCCCN. The molecule has 0 aromatic carbocycles. The zero-order valence-corrected chi connectivity index (χ0v) is 17.1. The van der Waals surface area contributed by atoms with Gasteiger partial charge in [0.2, 0.25) is 0 Å². The van der Waals surface area contributed by atoms with Gasteiger partial charge in [-0.05, 0) is 73.9 Å². The molecular weight excluding hydrogens is 288 g/mol. The van der Waals surface area contributed by atoms with E-state index in [4.69, 9.17) is 17.2 Å². The summed E-state index contributed by atoms with van der Waals surface area (Å²) in [4.78, 5) is 2.22. The summed E-state index contributed by atoms with van der Waals surface area (Å²) in [6, 6.07) is 0.455. The van der Waals surface area contributed by atoms with Crippen LogP contribution in [0.1, 0.15) is 41.0 Å². The highest BCUT2D eigenvalue weighted by molar-refractivity contribution is 4.88. The Balaban J connectivity index is -0.000000303. The minimum absolute atomic E-state index is 0.176. The average molecular weight is 335 g/mol. The van der Waals surface area contributed by atoms with Crippen LogP contribution >= 0.6 is 0 Å². The van der Waals surface area contributed by atoms with Crippen molar-refractivity contribution in [2.75, 3.05) is 53.9 Å². The number of hydrogen-bond acceptors (Lipinski definition) is 6. The van der Waals surface area contributed by atoms with Gasteiger partial charge in [0.15, 0.2) is 0 Å². The van der Waals surface area contributed by atoms with Crippen molar-refractivity contribution in [1.29, 1.82) is 0 Å². The molecule has 0 amide bonds. The van der Waals surface area contributed by atoms with Gasteiger partial charge in [-0.15, -0.1) is 0 Å². The lowest BCUT2D eigenvalue weighted by molar-refractivity contribution is 0.147. The van der Waals surface area contributed by atoms with Gasteiger partial charge in [-0.2, -0.15) is 0 Å². The largest absolute Gasteiger partial charge is 0.330 e. The molecule has 0 radical (unpaired) electrons. The van der Waals surface area contributed by atoms with Crippen molar-refractivity contribution < 1.29 is 0 Å². The third-order valence-corrected chi connectivity index (χ3v) is 3.91. The summed E-state index contributed by atoms with van der Waals surface area (Å²) in [5.74, 6) is 0.662. The first-order chi connectivity index (χ1) is 10.6. The Morgan fingerprint density at radius 2 is 1.43 bits per heavy atom. The maximum absolute atomic E-state index is 5.42. The normalized spacial score (nSPS) is 12.4. The molecule has 6 nitrogen and oxygen atoms in total. The Morgan fingerprint density at radius 3 is 1.65 bits per heavy atom. The zero-order chi connectivity index (χ0) is 18.9. The average Bonchev–Trinajstić information content (AvgIpc) is 2.51. The summed E-state index contributed by atoms with van der Waals surface area (Å²) in [6.07, 6.45) is 1.08. The van der Waals surface area contributed by atoms with E-state index in [0.717, 1.165) is 32.6 Å². The van der Waals surface area contributed by atoms with E-state index in [1.807, 2.05) is 7.05 Å². The van der Waals surface area contributed by atoms with Crippen molar-refractivity contribution in [3.63, 3.8) is 0 Å². The van der Waals surface area contributed by atoms with Crippen LogP contribution < -0.4 is 27.8 Å². The number of nitrogens with two attached hydrogens (primary N) is 3. The second-order valence-corrected chi connectivity index (χ2v) is 6.89. The molecule has 0 aliphatic rings. The molecule has 0 aliphatic heterocycles. The number of nitrogens with zero attached hydrogens (tertiary/aromatic N) is 1. The lowest BCUT2D eigenvalue weighted by Gasteiger charge is -2.38. The highest BCUT2D eigenvalue weighted by atomic mass is 15.2. The molecule has 0 fully saturated rings. The Bertz CT molecular complexity index is 215. The Labute approximate surface area is 145 Å². The minimum Gasteiger partial charge on any atom is -0.330 e. The van der Waals surface area contributed by atoms with Gasteiger partial charge >= 0.3 is 0 Å². The van der Waals surface area contributed by atoms with Gasteiger partial charge in [-0.3, -0.25) is 0 Å². The molecular formula is C17H46N6. The van der Waals surface area contributed by atoms with Gasteiger partial charge in [0.25, 0.3) is 0 Å². The number of likely N-dealkylation sites (N-methyl/N-ethyl adjacent to an activating group) is 1. The van der Waals surface area contributed by atoms with Crippen LogP contribution in [0.15, 0.2) is 0 Å². The van der Waals surface area contributed by atoms with Gasteiger partial charge in [-0.25, -0.2) is 0 Å². The molecule has 6 heteroatoms. The summed E-state index contributed by atoms with van der Waals surface area (Å²) in [5.41, 5.74) is 15.9. The third kappa shape index (κ3) is 19.7. The Morgan fingerprint density at radius 1 is 0.957 bits per heavy atom. The first-order valence-electron chi connectivity index (χ1n) is 8.77. The standard InChI is InChI=1S/C9H23N3.C4H12N2.C4H11N/c1-8(11-7-6-10)9(2,3)12(4)5;1-6-4-2-3-5;1-4(2)3-5/h8,11H,6-7,10H2,1-5H3;6H,2-5H2,1H3;4H,3,5H2,1-2H3. The Kier molecular flexibility index (Phi) is 21.7. The van der Waals surface area contributed by atoms with Gasteiger partial charge < -0.3 is 32.7 Å². The van der Waals surface area contributed by atoms with E-state index in [2.05, 4.69) is 64.2 Å². The van der Waals surface area contributed by atoms with Gasteiger partial charge in [0.1, 0.15) is 0 Å². The first kappa shape index (κ1) is 27.6. The van der Waals surface area contributed by atoms with Crippen LogP contribution in [0.2, 0.25) is 0 Å². The summed E-state index contributed by atoms with van der Waals surface area (Å²) in [5, 5.41) is 6.38. The lowest BCUT2D eigenvalue weighted by Crippen LogP contribution is -2.54. The molecule has 0 bridgehead atoms. The molecule has 0 rings (SSSR count). The highest BCUT2D eigenvalue weighted by Crippen LogP contribution is 2.14. The maximum atomic E-state index is 5.42.